The monoisotopic (exact) mass is 260 g/mol. The van der Waals surface area contributed by atoms with Gasteiger partial charge in [0.2, 0.25) is 6.10 Å². The number of carbonyl (C=O) groups excluding carboxylic acids is 1. The third-order valence-corrected chi connectivity index (χ3v) is 2.85. The quantitative estimate of drug-likeness (QED) is 0.787. The van der Waals surface area contributed by atoms with Crippen molar-refractivity contribution in [1.82, 2.24) is 0 Å². The number of halogens is 2. The van der Waals surface area contributed by atoms with Crippen molar-refractivity contribution in [2.24, 2.45) is 0 Å². The van der Waals surface area contributed by atoms with E-state index in [1.165, 1.54) is 12.1 Å². The lowest BCUT2D eigenvalue weighted by molar-refractivity contribution is -0.147. The number of aliphatic carboxylic acids is 1. The van der Waals surface area contributed by atoms with Crippen LogP contribution in [-0.4, -0.2) is 23.1 Å². The van der Waals surface area contributed by atoms with Gasteiger partial charge in [-0.3, -0.25) is 0 Å². The first-order valence-electron chi connectivity index (χ1n) is 4.40. The van der Waals surface area contributed by atoms with Crippen LogP contribution in [0, 0.1) is 0 Å². The molecule has 16 heavy (non-hydrogen) atoms. The summed E-state index contributed by atoms with van der Waals surface area (Å²) in [7, 11) is 0. The minimum atomic E-state index is -1.19. The van der Waals surface area contributed by atoms with E-state index in [0.29, 0.717) is 10.6 Å². The Labute approximate surface area is 101 Å². The molecule has 0 fully saturated rings. The maximum atomic E-state index is 11.5. The Balaban J connectivity index is 2.50. The molecule has 6 heteroatoms. The summed E-state index contributed by atoms with van der Waals surface area (Å²) >= 11 is 11.6. The number of rotatable bonds is 1. The molecular weight excluding hydrogens is 255 g/mol. The molecule has 0 amide bonds. The van der Waals surface area contributed by atoms with Crippen molar-refractivity contribution < 1.29 is 19.4 Å². The van der Waals surface area contributed by atoms with Gasteiger partial charge in [-0.15, -0.1) is 0 Å². The minimum Gasteiger partial charge on any atom is -0.478 e. The lowest BCUT2D eigenvalue weighted by Gasteiger charge is -2.22. The highest BCUT2D eigenvalue weighted by atomic mass is 35.5. The van der Waals surface area contributed by atoms with E-state index in [1.54, 1.807) is 0 Å². The van der Waals surface area contributed by atoms with E-state index in [9.17, 15) is 9.59 Å². The fraction of sp³-hybridized carbons (Fsp3) is 0.200. The van der Waals surface area contributed by atoms with E-state index < -0.39 is 18.0 Å². The largest absolute Gasteiger partial charge is 0.478 e. The molecule has 2 rings (SSSR count). The Hall–Kier alpha value is -1.26. The molecule has 0 radical (unpaired) electrons. The lowest BCUT2D eigenvalue weighted by Crippen LogP contribution is -2.34. The SMILES string of the molecule is O=C1OC(C(=O)O)Cc2c(Cl)cc(Cl)cc21. The maximum absolute atomic E-state index is 11.5. The van der Waals surface area contributed by atoms with Crippen molar-refractivity contribution in [3.05, 3.63) is 33.3 Å². The molecule has 1 aliphatic heterocycles. The third kappa shape index (κ3) is 1.86. The molecule has 1 N–H and O–H groups in total. The molecule has 1 heterocycles. The molecule has 0 aromatic heterocycles. The van der Waals surface area contributed by atoms with Gasteiger partial charge >= 0.3 is 11.9 Å². The van der Waals surface area contributed by atoms with Gasteiger partial charge in [0, 0.05) is 16.5 Å². The summed E-state index contributed by atoms with van der Waals surface area (Å²) in [6, 6.07) is 2.89. The van der Waals surface area contributed by atoms with E-state index in [4.69, 9.17) is 33.0 Å². The van der Waals surface area contributed by atoms with Crippen molar-refractivity contribution in [2.75, 3.05) is 0 Å². The van der Waals surface area contributed by atoms with Crippen molar-refractivity contribution >= 4 is 35.1 Å². The fourth-order valence-electron chi connectivity index (χ4n) is 1.55. The van der Waals surface area contributed by atoms with Gasteiger partial charge < -0.3 is 9.84 Å². The Morgan fingerprint density at radius 3 is 2.75 bits per heavy atom. The van der Waals surface area contributed by atoms with Crippen molar-refractivity contribution in [2.45, 2.75) is 12.5 Å². The van der Waals surface area contributed by atoms with Gasteiger partial charge in [0.25, 0.3) is 0 Å². The normalized spacial score (nSPS) is 18.9. The predicted octanol–water partition coefficient (Wildman–Crippen LogP) is 2.16. The van der Waals surface area contributed by atoms with Crippen molar-refractivity contribution in [1.29, 1.82) is 0 Å². The van der Waals surface area contributed by atoms with Gasteiger partial charge in [0.15, 0.2) is 0 Å². The Morgan fingerprint density at radius 2 is 2.12 bits per heavy atom. The van der Waals surface area contributed by atoms with Crippen LogP contribution in [0.3, 0.4) is 0 Å². The smallest absolute Gasteiger partial charge is 0.345 e. The average molecular weight is 261 g/mol. The summed E-state index contributed by atoms with van der Waals surface area (Å²) in [6.07, 6.45) is -1.12. The van der Waals surface area contributed by atoms with Gasteiger partial charge in [0.1, 0.15) is 0 Å². The maximum Gasteiger partial charge on any atom is 0.345 e. The number of esters is 1. The molecule has 1 aliphatic rings. The van der Waals surface area contributed by atoms with E-state index in [0.717, 1.165) is 0 Å². The molecule has 1 aromatic rings. The van der Waals surface area contributed by atoms with E-state index in [1.807, 2.05) is 0 Å². The number of carboxylic acids is 1. The van der Waals surface area contributed by atoms with Crippen LogP contribution in [0.25, 0.3) is 0 Å². The topological polar surface area (TPSA) is 63.6 Å². The third-order valence-electron chi connectivity index (χ3n) is 2.29. The Morgan fingerprint density at radius 1 is 1.44 bits per heavy atom. The zero-order valence-corrected chi connectivity index (χ0v) is 9.38. The number of carboxylic acid groups (broad SMARTS) is 1. The first-order valence-corrected chi connectivity index (χ1v) is 5.16. The molecule has 4 nitrogen and oxygen atoms in total. The van der Waals surface area contributed by atoms with Crippen LogP contribution < -0.4 is 0 Å². The fourth-order valence-corrected chi connectivity index (χ4v) is 2.12. The molecule has 0 saturated carbocycles. The Bertz CT molecular complexity index is 484. The van der Waals surface area contributed by atoms with Crippen LogP contribution in [0.5, 0.6) is 0 Å². The molecule has 1 unspecified atom stereocenters. The highest BCUT2D eigenvalue weighted by molar-refractivity contribution is 6.35. The number of cyclic esters (lactones) is 1. The van der Waals surface area contributed by atoms with Crippen molar-refractivity contribution in [3.8, 4) is 0 Å². The van der Waals surface area contributed by atoms with E-state index in [-0.39, 0.29) is 17.0 Å². The molecule has 1 aromatic carbocycles. The van der Waals surface area contributed by atoms with Crippen LogP contribution in [0.4, 0.5) is 0 Å². The number of fused-ring (bicyclic) bond motifs is 1. The summed E-state index contributed by atoms with van der Waals surface area (Å²) in [5.41, 5.74) is 0.699. The number of hydrogen-bond donors (Lipinski definition) is 1. The van der Waals surface area contributed by atoms with Gasteiger partial charge in [0.05, 0.1) is 5.56 Å². The number of ether oxygens (including phenoxy) is 1. The highest BCUT2D eigenvalue weighted by Crippen LogP contribution is 2.30. The van der Waals surface area contributed by atoms with Crippen LogP contribution in [-0.2, 0) is 16.0 Å². The molecule has 0 spiro atoms. The van der Waals surface area contributed by atoms with Crippen LogP contribution >= 0.6 is 23.2 Å². The van der Waals surface area contributed by atoms with E-state index in [2.05, 4.69) is 0 Å². The summed E-state index contributed by atoms with van der Waals surface area (Å²) in [6.45, 7) is 0. The second kappa shape index (κ2) is 3.96. The summed E-state index contributed by atoms with van der Waals surface area (Å²) in [5, 5.41) is 9.38. The number of hydrogen-bond acceptors (Lipinski definition) is 3. The van der Waals surface area contributed by atoms with Crippen LogP contribution in [0.1, 0.15) is 15.9 Å². The number of carbonyl (C=O) groups is 2. The Kier molecular flexibility index (Phi) is 2.78. The molecule has 0 bridgehead atoms. The number of benzene rings is 1. The molecule has 1 atom stereocenters. The predicted molar refractivity (Wildman–Crippen MR) is 57.0 cm³/mol. The molecule has 0 aliphatic carbocycles. The molecular formula is C10H6Cl2O4. The van der Waals surface area contributed by atoms with Gasteiger partial charge in [-0.25, -0.2) is 9.59 Å². The average Bonchev–Trinajstić information content (AvgIpc) is 2.19. The second-order valence-corrected chi connectivity index (χ2v) is 4.19. The van der Waals surface area contributed by atoms with Gasteiger partial charge in [-0.1, -0.05) is 23.2 Å². The minimum absolute atomic E-state index is 0.0619. The summed E-state index contributed by atoms with van der Waals surface area (Å²) in [5.74, 6) is -1.90. The zero-order valence-electron chi connectivity index (χ0n) is 7.87. The zero-order chi connectivity index (χ0) is 11.9. The van der Waals surface area contributed by atoms with Crippen LogP contribution in [0.15, 0.2) is 12.1 Å². The first kappa shape index (κ1) is 11.2. The molecule has 84 valence electrons. The molecule has 0 saturated heterocycles. The first-order chi connectivity index (χ1) is 7.49. The lowest BCUT2D eigenvalue weighted by atomic mass is 9.98. The van der Waals surface area contributed by atoms with E-state index >= 15 is 0 Å². The van der Waals surface area contributed by atoms with Gasteiger partial charge in [-0.05, 0) is 17.7 Å². The standard InChI is InChI=1S/C10H6Cl2O4/c11-4-1-6-5(7(12)2-4)3-8(9(13)14)16-10(6)15/h1-2,8H,3H2,(H,13,14). The summed E-state index contributed by atoms with van der Waals surface area (Å²) in [4.78, 5) is 22.2. The highest BCUT2D eigenvalue weighted by Gasteiger charge is 2.32. The second-order valence-electron chi connectivity index (χ2n) is 3.35. The summed E-state index contributed by atoms with van der Waals surface area (Å²) < 4.78 is 4.73. The van der Waals surface area contributed by atoms with Crippen LogP contribution in [0.2, 0.25) is 10.0 Å². The van der Waals surface area contributed by atoms with Crippen molar-refractivity contribution in [3.63, 3.8) is 0 Å². The van der Waals surface area contributed by atoms with Gasteiger partial charge in [-0.2, -0.15) is 0 Å².